The molecule has 0 saturated heterocycles. The number of nitrogens with one attached hydrogen (secondary N) is 1. The number of hydrogen-bond donors (Lipinski definition) is 1. The van der Waals surface area contributed by atoms with Gasteiger partial charge < -0.3 is 10.1 Å². The minimum atomic E-state index is -0.244. The van der Waals surface area contributed by atoms with Crippen molar-refractivity contribution >= 4 is 27.5 Å². The molecular formula is C15H15BrN2O2. The third kappa shape index (κ3) is 3.36. The van der Waals surface area contributed by atoms with Gasteiger partial charge in [-0.05, 0) is 59.6 Å². The second kappa shape index (κ2) is 6.52. The van der Waals surface area contributed by atoms with Crippen molar-refractivity contribution in [1.29, 1.82) is 0 Å². The summed E-state index contributed by atoms with van der Waals surface area (Å²) in [6, 6.07) is 9.14. The second-order valence-corrected chi connectivity index (χ2v) is 5.08. The van der Waals surface area contributed by atoms with E-state index in [4.69, 9.17) is 4.74 Å². The Labute approximate surface area is 126 Å². The van der Waals surface area contributed by atoms with Gasteiger partial charge in [-0.2, -0.15) is 0 Å². The summed E-state index contributed by atoms with van der Waals surface area (Å²) >= 11 is 3.44. The highest BCUT2D eigenvalue weighted by molar-refractivity contribution is 9.10. The molecule has 0 aliphatic rings. The Balaban J connectivity index is 2.24. The van der Waals surface area contributed by atoms with Gasteiger partial charge in [-0.1, -0.05) is 6.07 Å². The predicted molar refractivity (Wildman–Crippen MR) is 82.2 cm³/mol. The summed E-state index contributed by atoms with van der Waals surface area (Å²) in [5, 5.41) is 2.85. The average molecular weight is 335 g/mol. The van der Waals surface area contributed by atoms with Crippen LogP contribution in [0.5, 0.6) is 5.88 Å². The Morgan fingerprint density at radius 2 is 2.20 bits per heavy atom. The largest absolute Gasteiger partial charge is 0.477 e. The fourth-order valence-corrected chi connectivity index (χ4v) is 2.32. The SMILES string of the molecule is CCOc1ncccc1C(=O)Nc1ccc(C)cc1Br. The van der Waals surface area contributed by atoms with E-state index in [0.29, 0.717) is 23.7 Å². The van der Waals surface area contributed by atoms with Crippen LogP contribution in [-0.4, -0.2) is 17.5 Å². The molecule has 2 rings (SSSR count). The monoisotopic (exact) mass is 334 g/mol. The van der Waals surface area contributed by atoms with Crippen molar-refractivity contribution in [2.24, 2.45) is 0 Å². The lowest BCUT2D eigenvalue weighted by molar-refractivity contribution is 0.102. The number of ether oxygens (including phenoxy) is 1. The highest BCUT2D eigenvalue weighted by Gasteiger charge is 2.14. The van der Waals surface area contributed by atoms with Crippen LogP contribution in [0.3, 0.4) is 0 Å². The lowest BCUT2D eigenvalue weighted by atomic mass is 10.2. The fourth-order valence-electron chi connectivity index (χ4n) is 1.73. The topological polar surface area (TPSA) is 51.2 Å². The number of hydrogen-bond acceptors (Lipinski definition) is 3. The molecule has 1 amide bonds. The molecule has 104 valence electrons. The van der Waals surface area contributed by atoms with Gasteiger partial charge in [0, 0.05) is 10.7 Å². The van der Waals surface area contributed by atoms with Crippen molar-refractivity contribution in [3.05, 3.63) is 52.1 Å². The molecule has 0 aliphatic carbocycles. The maximum Gasteiger partial charge on any atom is 0.261 e. The zero-order chi connectivity index (χ0) is 14.5. The van der Waals surface area contributed by atoms with E-state index >= 15 is 0 Å². The third-order valence-electron chi connectivity index (χ3n) is 2.67. The average Bonchev–Trinajstić information content (AvgIpc) is 2.43. The van der Waals surface area contributed by atoms with Crippen LogP contribution in [0.25, 0.3) is 0 Å². The third-order valence-corrected chi connectivity index (χ3v) is 3.33. The maximum atomic E-state index is 12.3. The van der Waals surface area contributed by atoms with E-state index in [1.54, 1.807) is 18.3 Å². The van der Waals surface area contributed by atoms with Gasteiger partial charge in [0.15, 0.2) is 0 Å². The predicted octanol–water partition coefficient (Wildman–Crippen LogP) is 3.80. The Morgan fingerprint density at radius 1 is 1.40 bits per heavy atom. The number of aromatic nitrogens is 1. The van der Waals surface area contributed by atoms with E-state index in [0.717, 1.165) is 10.0 Å². The number of carbonyl (C=O) groups is 1. The normalized spacial score (nSPS) is 10.2. The minimum Gasteiger partial charge on any atom is -0.477 e. The van der Waals surface area contributed by atoms with Gasteiger partial charge in [-0.3, -0.25) is 4.79 Å². The van der Waals surface area contributed by atoms with Crippen LogP contribution in [0.15, 0.2) is 41.0 Å². The molecule has 0 fully saturated rings. The van der Waals surface area contributed by atoms with E-state index < -0.39 is 0 Å². The highest BCUT2D eigenvalue weighted by atomic mass is 79.9. The van der Waals surface area contributed by atoms with Gasteiger partial charge in [0.05, 0.1) is 12.3 Å². The standard InChI is InChI=1S/C15H15BrN2O2/c1-3-20-15-11(5-4-8-17-15)14(19)18-13-7-6-10(2)9-12(13)16/h4-9H,3H2,1-2H3,(H,18,19). The maximum absolute atomic E-state index is 12.3. The quantitative estimate of drug-likeness (QED) is 0.925. The van der Waals surface area contributed by atoms with Gasteiger partial charge >= 0.3 is 0 Å². The van der Waals surface area contributed by atoms with Crippen molar-refractivity contribution < 1.29 is 9.53 Å². The van der Waals surface area contributed by atoms with E-state index in [-0.39, 0.29) is 5.91 Å². The Bertz CT molecular complexity index is 629. The molecule has 0 bridgehead atoms. The van der Waals surface area contributed by atoms with Crippen LogP contribution in [0, 0.1) is 6.92 Å². The van der Waals surface area contributed by atoms with Gasteiger partial charge in [0.1, 0.15) is 5.56 Å². The molecule has 1 heterocycles. The molecule has 0 aliphatic heterocycles. The summed E-state index contributed by atoms with van der Waals surface area (Å²) in [7, 11) is 0. The van der Waals surface area contributed by atoms with Crippen molar-refractivity contribution in [3.8, 4) is 5.88 Å². The van der Waals surface area contributed by atoms with Gasteiger partial charge in [0.25, 0.3) is 5.91 Å². The molecule has 0 unspecified atom stereocenters. The molecule has 0 spiro atoms. The lowest BCUT2D eigenvalue weighted by Gasteiger charge is -2.10. The number of anilines is 1. The highest BCUT2D eigenvalue weighted by Crippen LogP contribution is 2.25. The number of aryl methyl sites for hydroxylation is 1. The molecule has 2 aromatic rings. The Morgan fingerprint density at radius 3 is 2.90 bits per heavy atom. The first-order valence-corrected chi connectivity index (χ1v) is 7.06. The lowest BCUT2D eigenvalue weighted by Crippen LogP contribution is -2.14. The number of amides is 1. The Hall–Kier alpha value is -1.88. The summed E-state index contributed by atoms with van der Waals surface area (Å²) in [6.07, 6.45) is 1.60. The first-order valence-electron chi connectivity index (χ1n) is 6.27. The van der Waals surface area contributed by atoms with Crippen LogP contribution >= 0.6 is 15.9 Å². The number of rotatable bonds is 4. The summed E-state index contributed by atoms with van der Waals surface area (Å²) < 4.78 is 6.20. The summed E-state index contributed by atoms with van der Waals surface area (Å²) in [4.78, 5) is 16.4. The Kier molecular flexibility index (Phi) is 4.74. The van der Waals surface area contributed by atoms with Gasteiger partial charge in [-0.15, -0.1) is 0 Å². The zero-order valence-corrected chi connectivity index (χ0v) is 12.9. The number of pyridine rings is 1. The van der Waals surface area contributed by atoms with Crippen LogP contribution in [0.1, 0.15) is 22.8 Å². The molecule has 0 saturated carbocycles. The van der Waals surface area contributed by atoms with Gasteiger partial charge in [0.2, 0.25) is 5.88 Å². The van der Waals surface area contributed by atoms with Crippen LogP contribution in [0.4, 0.5) is 5.69 Å². The fraction of sp³-hybridized carbons (Fsp3) is 0.200. The molecule has 0 atom stereocenters. The number of carbonyl (C=O) groups excluding carboxylic acids is 1. The molecule has 20 heavy (non-hydrogen) atoms. The second-order valence-electron chi connectivity index (χ2n) is 4.23. The van der Waals surface area contributed by atoms with E-state index in [2.05, 4.69) is 26.2 Å². The minimum absolute atomic E-state index is 0.244. The van der Waals surface area contributed by atoms with E-state index in [1.165, 1.54) is 0 Å². The van der Waals surface area contributed by atoms with E-state index in [9.17, 15) is 4.79 Å². The smallest absolute Gasteiger partial charge is 0.261 e. The number of nitrogens with zero attached hydrogens (tertiary/aromatic N) is 1. The molecule has 4 nitrogen and oxygen atoms in total. The molecule has 1 aromatic heterocycles. The molecule has 0 radical (unpaired) electrons. The molecular weight excluding hydrogens is 320 g/mol. The number of halogens is 1. The van der Waals surface area contributed by atoms with Crippen LogP contribution in [-0.2, 0) is 0 Å². The number of benzene rings is 1. The molecule has 5 heteroatoms. The van der Waals surface area contributed by atoms with E-state index in [1.807, 2.05) is 32.0 Å². The summed E-state index contributed by atoms with van der Waals surface area (Å²) in [5.74, 6) is 0.0989. The summed E-state index contributed by atoms with van der Waals surface area (Å²) in [5.41, 5.74) is 2.25. The van der Waals surface area contributed by atoms with Crippen LogP contribution in [0.2, 0.25) is 0 Å². The van der Waals surface area contributed by atoms with Crippen molar-refractivity contribution in [3.63, 3.8) is 0 Å². The first kappa shape index (κ1) is 14.5. The molecule has 1 aromatic carbocycles. The van der Waals surface area contributed by atoms with Gasteiger partial charge in [-0.25, -0.2) is 4.98 Å². The first-order chi connectivity index (χ1) is 9.61. The van der Waals surface area contributed by atoms with Crippen molar-refractivity contribution in [2.75, 3.05) is 11.9 Å². The van der Waals surface area contributed by atoms with Crippen LogP contribution < -0.4 is 10.1 Å². The van der Waals surface area contributed by atoms with Crippen molar-refractivity contribution in [2.45, 2.75) is 13.8 Å². The van der Waals surface area contributed by atoms with Crippen molar-refractivity contribution in [1.82, 2.24) is 4.98 Å². The summed E-state index contributed by atoms with van der Waals surface area (Å²) in [6.45, 7) is 4.31. The molecule has 1 N–H and O–H groups in total. The zero-order valence-electron chi connectivity index (χ0n) is 11.3.